The summed E-state index contributed by atoms with van der Waals surface area (Å²) in [5.41, 5.74) is -0.220. The minimum absolute atomic E-state index is 0.0366. The zero-order chi connectivity index (χ0) is 22.5. The van der Waals surface area contributed by atoms with Crippen molar-refractivity contribution in [2.75, 3.05) is 5.32 Å². The molecule has 3 aromatic heterocycles. The topological polar surface area (TPSA) is 77.1 Å². The van der Waals surface area contributed by atoms with E-state index in [9.17, 15) is 22.4 Å². The number of nitrogens with zero attached hydrogens (tertiary/aromatic N) is 5. The average molecular weight is 444 g/mol. The molecule has 0 atom stereocenters. The first-order valence-electron chi connectivity index (χ1n) is 9.83. The number of alkyl halides is 3. The fourth-order valence-electron chi connectivity index (χ4n) is 3.45. The van der Waals surface area contributed by atoms with Crippen LogP contribution in [0.5, 0.6) is 0 Å². The number of anilines is 1. The van der Waals surface area contributed by atoms with Gasteiger partial charge in [0.2, 0.25) is 0 Å². The maximum atomic E-state index is 13.5. The minimum atomic E-state index is -4.64. The van der Waals surface area contributed by atoms with Crippen LogP contribution in [0.2, 0.25) is 0 Å². The van der Waals surface area contributed by atoms with E-state index in [-0.39, 0.29) is 35.3 Å². The number of rotatable bonds is 5. The van der Waals surface area contributed by atoms with Crippen LogP contribution < -0.4 is 5.32 Å². The summed E-state index contributed by atoms with van der Waals surface area (Å²) in [5, 5.41) is 10.5. The predicted octanol–water partition coefficient (Wildman–Crippen LogP) is 4.26. The van der Waals surface area contributed by atoms with Gasteiger partial charge in [-0.25, -0.2) is 13.9 Å². The Hall–Kier alpha value is -3.76. The maximum Gasteiger partial charge on any atom is 0.433 e. The molecule has 164 valence electrons. The molecule has 0 unspecified atom stereocenters. The fourth-order valence-corrected chi connectivity index (χ4v) is 3.45. The SMILES string of the molecule is O=C(Nc1ccn(Cc2cccc(F)c2)n1)c1cnn2c(C(F)(F)F)cc(C3CC3)nc12. The lowest BCUT2D eigenvalue weighted by atomic mass is 10.2. The molecule has 32 heavy (non-hydrogen) atoms. The highest BCUT2D eigenvalue weighted by atomic mass is 19.4. The number of hydrogen-bond acceptors (Lipinski definition) is 4. The van der Waals surface area contributed by atoms with Gasteiger partial charge in [0.15, 0.2) is 11.5 Å². The van der Waals surface area contributed by atoms with Gasteiger partial charge in [-0.15, -0.1) is 0 Å². The van der Waals surface area contributed by atoms with Crippen molar-refractivity contribution in [3.05, 3.63) is 77.1 Å². The van der Waals surface area contributed by atoms with Crippen LogP contribution in [0.15, 0.2) is 48.8 Å². The highest BCUT2D eigenvalue weighted by Gasteiger charge is 2.38. The Morgan fingerprint density at radius 1 is 1.19 bits per heavy atom. The van der Waals surface area contributed by atoms with Crippen LogP contribution >= 0.6 is 0 Å². The number of benzene rings is 1. The number of aromatic nitrogens is 5. The molecule has 1 aliphatic carbocycles. The number of amides is 1. The molecule has 0 saturated heterocycles. The van der Waals surface area contributed by atoms with Gasteiger partial charge in [0, 0.05) is 23.9 Å². The molecule has 7 nitrogen and oxygen atoms in total. The van der Waals surface area contributed by atoms with Crippen molar-refractivity contribution in [1.82, 2.24) is 24.4 Å². The van der Waals surface area contributed by atoms with Crippen LogP contribution in [0.25, 0.3) is 5.65 Å². The van der Waals surface area contributed by atoms with Gasteiger partial charge in [0.05, 0.1) is 12.7 Å². The van der Waals surface area contributed by atoms with Crippen LogP contribution in [0, 0.1) is 5.82 Å². The largest absolute Gasteiger partial charge is 0.433 e. The van der Waals surface area contributed by atoms with E-state index in [1.165, 1.54) is 22.9 Å². The highest BCUT2D eigenvalue weighted by molar-refractivity contribution is 6.07. The van der Waals surface area contributed by atoms with Crippen molar-refractivity contribution in [3.8, 4) is 0 Å². The molecule has 1 fully saturated rings. The second kappa shape index (κ2) is 7.43. The molecule has 11 heteroatoms. The van der Waals surface area contributed by atoms with Gasteiger partial charge in [0.1, 0.15) is 17.1 Å². The molecule has 1 amide bonds. The second-order valence-corrected chi connectivity index (χ2v) is 7.61. The average Bonchev–Trinajstić information content (AvgIpc) is 3.35. The van der Waals surface area contributed by atoms with Crippen molar-refractivity contribution >= 4 is 17.4 Å². The molecule has 1 aromatic carbocycles. The van der Waals surface area contributed by atoms with Gasteiger partial charge in [-0.3, -0.25) is 9.48 Å². The summed E-state index contributed by atoms with van der Waals surface area (Å²) < 4.78 is 56.1. The van der Waals surface area contributed by atoms with Gasteiger partial charge in [0.25, 0.3) is 5.91 Å². The highest BCUT2D eigenvalue weighted by Crippen LogP contribution is 2.41. The summed E-state index contributed by atoms with van der Waals surface area (Å²) in [4.78, 5) is 17.1. The molecule has 4 aromatic rings. The van der Waals surface area contributed by atoms with Gasteiger partial charge < -0.3 is 5.32 Å². The van der Waals surface area contributed by atoms with E-state index in [1.54, 1.807) is 18.3 Å². The first kappa shape index (κ1) is 20.2. The lowest BCUT2D eigenvalue weighted by Gasteiger charge is -2.11. The Labute approximate surface area is 178 Å². The number of carbonyl (C=O) groups excluding carboxylic acids is 1. The van der Waals surface area contributed by atoms with Crippen LogP contribution in [0.1, 0.15) is 46.1 Å². The molecule has 1 N–H and O–H groups in total. The lowest BCUT2D eigenvalue weighted by Crippen LogP contribution is -2.16. The molecule has 3 heterocycles. The van der Waals surface area contributed by atoms with E-state index in [4.69, 9.17) is 0 Å². The smallest absolute Gasteiger partial charge is 0.305 e. The molecular weight excluding hydrogens is 428 g/mol. The second-order valence-electron chi connectivity index (χ2n) is 7.61. The van der Waals surface area contributed by atoms with E-state index in [0.717, 1.165) is 25.1 Å². The van der Waals surface area contributed by atoms with E-state index in [2.05, 4.69) is 20.5 Å². The van der Waals surface area contributed by atoms with Gasteiger partial charge in [-0.05, 0) is 36.6 Å². The molecule has 1 aliphatic rings. The summed E-state index contributed by atoms with van der Waals surface area (Å²) in [6.45, 7) is 0.283. The molecule has 0 bridgehead atoms. The molecule has 0 spiro atoms. The lowest BCUT2D eigenvalue weighted by molar-refractivity contribution is -0.142. The third-order valence-electron chi connectivity index (χ3n) is 5.14. The van der Waals surface area contributed by atoms with Crippen LogP contribution in [-0.4, -0.2) is 30.3 Å². The fraction of sp³-hybridized carbons (Fsp3) is 0.238. The molecular formula is C21H16F4N6O. The van der Waals surface area contributed by atoms with Crippen molar-refractivity contribution in [2.45, 2.75) is 31.5 Å². The van der Waals surface area contributed by atoms with E-state index >= 15 is 0 Å². The molecule has 1 saturated carbocycles. The first-order valence-corrected chi connectivity index (χ1v) is 9.83. The molecule has 5 rings (SSSR count). The predicted molar refractivity (Wildman–Crippen MR) is 106 cm³/mol. The number of carbonyl (C=O) groups is 1. The minimum Gasteiger partial charge on any atom is -0.305 e. The summed E-state index contributed by atoms with van der Waals surface area (Å²) >= 11 is 0. The summed E-state index contributed by atoms with van der Waals surface area (Å²) in [6, 6.07) is 8.56. The Balaban J connectivity index is 1.41. The Kier molecular flexibility index (Phi) is 4.68. The third kappa shape index (κ3) is 3.93. The van der Waals surface area contributed by atoms with E-state index in [1.807, 2.05) is 0 Å². The summed E-state index contributed by atoms with van der Waals surface area (Å²) in [5.74, 6) is -0.886. The van der Waals surface area contributed by atoms with E-state index < -0.39 is 17.8 Å². The van der Waals surface area contributed by atoms with Crippen molar-refractivity contribution in [2.24, 2.45) is 0 Å². The van der Waals surface area contributed by atoms with Crippen molar-refractivity contribution in [3.63, 3.8) is 0 Å². The zero-order valence-electron chi connectivity index (χ0n) is 16.5. The molecule has 0 aliphatic heterocycles. The number of nitrogens with one attached hydrogen (secondary N) is 1. The van der Waals surface area contributed by atoms with Crippen LogP contribution in [0.4, 0.5) is 23.4 Å². The van der Waals surface area contributed by atoms with Gasteiger partial charge in [-0.1, -0.05) is 12.1 Å². The third-order valence-corrected chi connectivity index (χ3v) is 5.14. The van der Waals surface area contributed by atoms with Gasteiger partial charge in [-0.2, -0.15) is 23.4 Å². The van der Waals surface area contributed by atoms with Crippen LogP contribution in [0.3, 0.4) is 0 Å². The summed E-state index contributed by atoms with van der Waals surface area (Å²) in [6.07, 6.45) is -0.451. The summed E-state index contributed by atoms with van der Waals surface area (Å²) in [7, 11) is 0. The van der Waals surface area contributed by atoms with E-state index in [0.29, 0.717) is 15.8 Å². The van der Waals surface area contributed by atoms with Crippen molar-refractivity contribution in [1.29, 1.82) is 0 Å². The standard InChI is InChI=1S/C21H16F4N6O/c22-14-3-1-2-12(8-14)11-30-7-6-18(29-30)28-20(32)15-10-26-31-17(21(23,24)25)9-16(13-4-5-13)27-19(15)31/h1-3,6-10,13H,4-5,11H2,(H,28,29,32). The first-order chi connectivity index (χ1) is 15.3. The molecule has 0 radical (unpaired) electrons. The van der Waals surface area contributed by atoms with Crippen molar-refractivity contribution < 1.29 is 22.4 Å². The maximum absolute atomic E-state index is 13.5. The Morgan fingerprint density at radius 3 is 2.72 bits per heavy atom. The number of halogens is 4. The van der Waals surface area contributed by atoms with Crippen LogP contribution in [-0.2, 0) is 12.7 Å². The Morgan fingerprint density at radius 2 is 2.00 bits per heavy atom. The quantitative estimate of drug-likeness (QED) is 0.467. The monoisotopic (exact) mass is 444 g/mol. The van der Waals surface area contributed by atoms with Gasteiger partial charge >= 0.3 is 6.18 Å². The zero-order valence-corrected chi connectivity index (χ0v) is 16.5. The normalized spacial score (nSPS) is 14.1. The number of fused-ring (bicyclic) bond motifs is 1. The Bertz CT molecular complexity index is 1320. The number of hydrogen-bond donors (Lipinski definition) is 1.